The molecule has 1 saturated carbocycles. The Balaban J connectivity index is 1.65. The number of hydrogen-bond donors (Lipinski definition) is 2. The fourth-order valence-corrected chi connectivity index (χ4v) is 3.90. The molecule has 0 spiro atoms. The van der Waals surface area contributed by atoms with Gasteiger partial charge < -0.3 is 15.0 Å². The molecule has 1 aliphatic carbocycles. The molecule has 2 N–H and O–H groups in total. The van der Waals surface area contributed by atoms with Gasteiger partial charge in [0.2, 0.25) is 0 Å². The van der Waals surface area contributed by atoms with Crippen LogP contribution in [0.25, 0.3) is 22.6 Å². The second kappa shape index (κ2) is 7.72. The molecule has 5 nitrogen and oxygen atoms in total. The van der Waals surface area contributed by atoms with Crippen LogP contribution in [0.2, 0.25) is 5.02 Å². The number of nitrogens with one attached hydrogen (secondary N) is 2. The number of aromatic nitrogens is 3. The Morgan fingerprint density at radius 2 is 2.11 bits per heavy atom. The first kappa shape index (κ1) is 18.0. The standard InChI is InChI=1S/C20H22ClFN4O/c1-27-13-7-8-14(16(22)9-13)19-25-18-17(15(21)11-24-20(18)26-19)23-10-12-5-3-2-4-6-12/h7-9,11-12H,2-6,10H2,1H3,(H2,23,24,25,26). The molecule has 1 aliphatic rings. The SMILES string of the molecule is COc1ccc(-c2nc3ncc(Cl)c(NCC4CCCCC4)c3[nH]2)c(F)c1. The van der Waals surface area contributed by atoms with E-state index in [1.165, 1.54) is 45.3 Å². The van der Waals surface area contributed by atoms with Crippen LogP contribution >= 0.6 is 11.6 Å². The number of halogens is 2. The monoisotopic (exact) mass is 388 g/mol. The van der Waals surface area contributed by atoms with E-state index in [1.54, 1.807) is 18.3 Å². The zero-order valence-electron chi connectivity index (χ0n) is 15.2. The summed E-state index contributed by atoms with van der Waals surface area (Å²) in [5, 5.41) is 4.00. The van der Waals surface area contributed by atoms with Crippen molar-refractivity contribution in [2.45, 2.75) is 32.1 Å². The number of H-pyrrole nitrogens is 1. The predicted molar refractivity (Wildman–Crippen MR) is 106 cm³/mol. The first-order chi connectivity index (χ1) is 13.2. The van der Waals surface area contributed by atoms with Crippen LogP contribution in [0.1, 0.15) is 32.1 Å². The van der Waals surface area contributed by atoms with Gasteiger partial charge in [0.25, 0.3) is 0 Å². The Kier molecular flexibility index (Phi) is 5.16. The molecule has 0 aliphatic heterocycles. The maximum atomic E-state index is 14.4. The lowest BCUT2D eigenvalue weighted by Gasteiger charge is -2.22. The summed E-state index contributed by atoms with van der Waals surface area (Å²) < 4.78 is 19.5. The molecule has 0 saturated heterocycles. The van der Waals surface area contributed by atoms with Gasteiger partial charge in [0.1, 0.15) is 22.9 Å². The molecule has 3 aromatic rings. The van der Waals surface area contributed by atoms with Crippen LogP contribution < -0.4 is 10.1 Å². The Bertz CT molecular complexity index is 953. The van der Waals surface area contributed by atoms with Crippen molar-refractivity contribution in [3.63, 3.8) is 0 Å². The number of nitrogens with zero attached hydrogens (tertiary/aromatic N) is 2. The van der Waals surface area contributed by atoms with Crippen molar-refractivity contribution in [2.24, 2.45) is 5.92 Å². The van der Waals surface area contributed by atoms with E-state index >= 15 is 0 Å². The average molecular weight is 389 g/mol. The number of rotatable bonds is 5. The molecular weight excluding hydrogens is 367 g/mol. The van der Waals surface area contributed by atoms with Gasteiger partial charge in [-0.15, -0.1) is 0 Å². The molecule has 27 heavy (non-hydrogen) atoms. The lowest BCUT2D eigenvalue weighted by Crippen LogP contribution is -2.17. The maximum Gasteiger partial charge on any atom is 0.180 e. The highest BCUT2D eigenvalue weighted by atomic mass is 35.5. The number of benzene rings is 1. The predicted octanol–water partition coefficient (Wildman–Crippen LogP) is 5.42. The number of imidazole rings is 1. The third kappa shape index (κ3) is 3.72. The normalized spacial score (nSPS) is 15.2. The number of aromatic amines is 1. The Labute approximate surface area is 162 Å². The van der Waals surface area contributed by atoms with E-state index in [4.69, 9.17) is 16.3 Å². The summed E-state index contributed by atoms with van der Waals surface area (Å²) in [5.41, 5.74) is 2.35. The van der Waals surface area contributed by atoms with E-state index in [9.17, 15) is 4.39 Å². The van der Waals surface area contributed by atoms with Crippen molar-refractivity contribution in [1.82, 2.24) is 15.0 Å². The number of anilines is 1. The van der Waals surface area contributed by atoms with Gasteiger partial charge in [-0.1, -0.05) is 30.9 Å². The van der Waals surface area contributed by atoms with Gasteiger partial charge in [-0.05, 0) is 30.9 Å². The lowest BCUT2D eigenvalue weighted by molar-refractivity contribution is 0.373. The fourth-order valence-electron chi connectivity index (χ4n) is 3.69. The van der Waals surface area contributed by atoms with Gasteiger partial charge in [-0.2, -0.15) is 0 Å². The number of hydrogen-bond acceptors (Lipinski definition) is 4. The quantitative estimate of drug-likeness (QED) is 0.612. The van der Waals surface area contributed by atoms with Gasteiger partial charge in [-0.3, -0.25) is 0 Å². The minimum absolute atomic E-state index is 0.364. The van der Waals surface area contributed by atoms with Crippen molar-refractivity contribution in [3.8, 4) is 17.1 Å². The second-order valence-electron chi connectivity index (χ2n) is 7.00. The minimum atomic E-state index is -0.406. The lowest BCUT2D eigenvalue weighted by atomic mass is 9.89. The van der Waals surface area contributed by atoms with Crippen molar-refractivity contribution < 1.29 is 9.13 Å². The zero-order valence-corrected chi connectivity index (χ0v) is 15.9. The molecule has 0 unspecified atom stereocenters. The molecule has 2 aromatic heterocycles. The first-order valence-electron chi connectivity index (χ1n) is 9.27. The highest BCUT2D eigenvalue weighted by molar-refractivity contribution is 6.34. The van der Waals surface area contributed by atoms with Gasteiger partial charge in [0.05, 0.1) is 29.6 Å². The minimum Gasteiger partial charge on any atom is -0.497 e. The average Bonchev–Trinajstić information content (AvgIpc) is 3.12. The molecule has 142 valence electrons. The summed E-state index contributed by atoms with van der Waals surface area (Å²) in [5.74, 6) is 1.12. The molecule has 1 aromatic carbocycles. The highest BCUT2D eigenvalue weighted by Crippen LogP contribution is 2.33. The molecule has 0 bridgehead atoms. The van der Waals surface area contributed by atoms with Crippen molar-refractivity contribution >= 4 is 28.5 Å². The maximum absolute atomic E-state index is 14.4. The summed E-state index contributed by atoms with van der Waals surface area (Å²) >= 11 is 6.38. The summed E-state index contributed by atoms with van der Waals surface area (Å²) in [4.78, 5) is 11.9. The van der Waals surface area contributed by atoms with Crippen molar-refractivity contribution in [2.75, 3.05) is 19.0 Å². The van der Waals surface area contributed by atoms with Gasteiger partial charge in [-0.25, -0.2) is 14.4 Å². The highest BCUT2D eigenvalue weighted by Gasteiger charge is 2.18. The largest absolute Gasteiger partial charge is 0.497 e. The van der Waals surface area contributed by atoms with Crippen LogP contribution in [-0.4, -0.2) is 28.6 Å². The Hall–Kier alpha value is -2.34. The van der Waals surface area contributed by atoms with E-state index in [-0.39, 0.29) is 0 Å². The summed E-state index contributed by atoms with van der Waals surface area (Å²) in [6.45, 7) is 0.865. The van der Waals surface area contributed by atoms with E-state index in [0.29, 0.717) is 39.2 Å². The third-order valence-corrected chi connectivity index (χ3v) is 5.48. The fraction of sp³-hybridized carbons (Fsp3) is 0.400. The molecule has 0 radical (unpaired) electrons. The van der Waals surface area contributed by atoms with Gasteiger partial charge in [0, 0.05) is 12.6 Å². The molecule has 7 heteroatoms. The summed E-state index contributed by atoms with van der Waals surface area (Å²) in [6.07, 6.45) is 7.97. The number of ether oxygens (including phenoxy) is 1. The molecule has 4 rings (SSSR count). The topological polar surface area (TPSA) is 62.8 Å². The molecule has 2 heterocycles. The number of fused-ring (bicyclic) bond motifs is 1. The van der Waals surface area contributed by atoms with E-state index in [2.05, 4.69) is 20.3 Å². The molecule has 1 fully saturated rings. The van der Waals surface area contributed by atoms with Crippen molar-refractivity contribution in [1.29, 1.82) is 0 Å². The van der Waals surface area contributed by atoms with Crippen molar-refractivity contribution in [3.05, 3.63) is 35.2 Å². The Morgan fingerprint density at radius 3 is 2.85 bits per heavy atom. The molecule has 0 amide bonds. The Morgan fingerprint density at radius 1 is 1.30 bits per heavy atom. The van der Waals surface area contributed by atoms with Crippen LogP contribution in [0.4, 0.5) is 10.1 Å². The zero-order chi connectivity index (χ0) is 18.8. The van der Waals surface area contributed by atoms with E-state index in [1.807, 2.05) is 0 Å². The second-order valence-corrected chi connectivity index (χ2v) is 7.40. The first-order valence-corrected chi connectivity index (χ1v) is 9.65. The molecular formula is C20H22ClFN4O. The smallest absolute Gasteiger partial charge is 0.180 e. The number of pyridine rings is 1. The third-order valence-electron chi connectivity index (χ3n) is 5.20. The summed E-state index contributed by atoms with van der Waals surface area (Å²) in [7, 11) is 1.51. The van der Waals surface area contributed by atoms with Crippen LogP contribution in [0.3, 0.4) is 0 Å². The summed E-state index contributed by atoms with van der Waals surface area (Å²) in [6, 6.07) is 4.68. The van der Waals surface area contributed by atoms with Gasteiger partial charge in [0.15, 0.2) is 5.65 Å². The van der Waals surface area contributed by atoms with Gasteiger partial charge >= 0.3 is 0 Å². The van der Waals surface area contributed by atoms with E-state index in [0.717, 1.165) is 12.2 Å². The number of methoxy groups -OCH3 is 1. The van der Waals surface area contributed by atoms with Crippen LogP contribution in [0, 0.1) is 11.7 Å². The van der Waals surface area contributed by atoms with Crippen LogP contribution in [0.5, 0.6) is 5.75 Å². The molecule has 0 atom stereocenters. The van der Waals surface area contributed by atoms with Crippen LogP contribution in [0.15, 0.2) is 24.4 Å². The van der Waals surface area contributed by atoms with E-state index < -0.39 is 5.82 Å². The van der Waals surface area contributed by atoms with Crippen LogP contribution in [-0.2, 0) is 0 Å².